The van der Waals surface area contributed by atoms with Crippen LogP contribution in [0.2, 0.25) is 0 Å². The molecule has 0 bridgehead atoms. The normalized spacial score (nSPS) is 13.4. The molecule has 0 saturated heterocycles. The Hall–Kier alpha value is -7.56. The van der Waals surface area contributed by atoms with Crippen molar-refractivity contribution >= 4 is 88.5 Å². The second-order valence-corrected chi connectivity index (χ2v) is 38.4. The van der Waals surface area contributed by atoms with Crippen molar-refractivity contribution in [2.75, 3.05) is 0 Å². The van der Waals surface area contributed by atoms with Gasteiger partial charge in [-0.15, -0.1) is 0 Å². The van der Waals surface area contributed by atoms with Crippen molar-refractivity contribution in [2.24, 2.45) is 0 Å². The van der Waals surface area contributed by atoms with Gasteiger partial charge in [0, 0.05) is 49.4 Å². The van der Waals surface area contributed by atoms with Gasteiger partial charge in [-0.05, 0) is 244 Å². The van der Waals surface area contributed by atoms with E-state index in [2.05, 4.69) is 367 Å². The van der Waals surface area contributed by atoms with E-state index in [-0.39, 0.29) is 74.7 Å². The molecule has 0 spiro atoms. The molecule has 4 heteroatoms. The molecule has 0 radical (unpaired) electrons. The zero-order chi connectivity index (χ0) is 73.1. The number of aromatic nitrogens is 3. The van der Waals surface area contributed by atoms with E-state index in [1.165, 1.54) is 166 Å². The Morgan fingerprint density at radius 3 is 0.470 bits per heavy atom. The molecular weight excluding hydrogens is 1210 g/mol. The lowest BCUT2D eigenvalue weighted by atomic mass is 9.31. The summed E-state index contributed by atoms with van der Waals surface area (Å²) in [5.41, 5.74) is 32.2. The molecule has 3 aromatic heterocycles. The number of nitrogens with zero attached hydrogens (tertiary/aromatic N) is 3. The third kappa shape index (κ3) is 12.7. The minimum atomic E-state index is -0.137. The van der Waals surface area contributed by atoms with E-state index in [0.29, 0.717) is 0 Å². The Bertz CT molecular complexity index is 4360. The van der Waals surface area contributed by atoms with E-state index in [4.69, 9.17) is 0 Å². The van der Waals surface area contributed by atoms with Gasteiger partial charge in [-0.25, -0.2) is 0 Å². The van der Waals surface area contributed by atoms with Crippen molar-refractivity contribution in [1.82, 2.24) is 13.7 Å². The standard InChI is InChI=1S/C96H120BN3/c1-55(2)70-49-67(98-82-37-31-61(91(13,14)15)43-76(82)77-44-62(92(16,17)18)32-38-83(77)98)50-71(56(3)4)88(70)97(89-72(57(5)6)51-68(52-73(89)58(7)8)99-84-39-33-63(93(19,20)21)45-78(84)79-46-64(94(22,23)24)34-40-85(79)99)90-74(59(9)10)53-69(54-75(90)60(11)12)100-86-41-35-65(95(25,26)27)47-80(86)81-48-66(96(28,29)30)36-42-87(81)100/h31-60H,1-30H3. The summed E-state index contributed by atoms with van der Waals surface area (Å²) < 4.78 is 7.88. The van der Waals surface area contributed by atoms with Crippen LogP contribution in [-0.4, -0.2) is 20.4 Å². The second kappa shape index (κ2) is 25.2. The first-order chi connectivity index (χ1) is 46.4. The van der Waals surface area contributed by atoms with Crippen molar-refractivity contribution in [3.63, 3.8) is 0 Å². The van der Waals surface area contributed by atoms with Gasteiger partial charge in [0.15, 0.2) is 0 Å². The highest BCUT2D eigenvalue weighted by Crippen LogP contribution is 2.44. The average molecular weight is 1330 g/mol. The van der Waals surface area contributed by atoms with Crippen LogP contribution >= 0.6 is 0 Å². The van der Waals surface area contributed by atoms with Gasteiger partial charge in [0.05, 0.1) is 33.1 Å². The van der Waals surface area contributed by atoms with Crippen molar-refractivity contribution in [3.8, 4) is 17.1 Å². The Morgan fingerprint density at radius 2 is 0.350 bits per heavy atom. The third-order valence-electron chi connectivity index (χ3n) is 22.6. The smallest absolute Gasteiger partial charge is 0.243 e. The van der Waals surface area contributed by atoms with Crippen LogP contribution < -0.4 is 16.4 Å². The van der Waals surface area contributed by atoms with Crippen LogP contribution in [0.5, 0.6) is 0 Å². The Kier molecular flexibility index (Phi) is 18.2. The highest BCUT2D eigenvalue weighted by atomic mass is 15.0. The monoisotopic (exact) mass is 1330 g/mol. The minimum Gasteiger partial charge on any atom is -0.309 e. The highest BCUT2D eigenvalue weighted by Gasteiger charge is 2.39. The van der Waals surface area contributed by atoms with E-state index in [1.807, 2.05) is 0 Å². The van der Waals surface area contributed by atoms with Crippen LogP contribution in [0.3, 0.4) is 0 Å². The van der Waals surface area contributed by atoms with Crippen LogP contribution in [-0.2, 0) is 32.5 Å². The molecule has 0 unspecified atom stereocenters. The summed E-state index contributed by atoms with van der Waals surface area (Å²) in [5, 5.41) is 7.91. The molecule has 0 aliphatic carbocycles. The van der Waals surface area contributed by atoms with Crippen molar-refractivity contribution in [3.05, 3.63) is 212 Å². The van der Waals surface area contributed by atoms with Crippen LogP contribution in [0, 0.1) is 0 Å². The summed E-state index contributed by atoms with van der Waals surface area (Å²) in [5.74, 6) is 1.08. The molecule has 12 aromatic rings. The Balaban J connectivity index is 1.24. The summed E-state index contributed by atoms with van der Waals surface area (Å²) >= 11 is 0. The van der Waals surface area contributed by atoms with Crippen LogP contribution in [0.1, 0.15) is 310 Å². The zero-order valence-corrected chi connectivity index (χ0v) is 67.2. The first-order valence-electron chi connectivity index (χ1n) is 38.2. The molecule has 0 fully saturated rings. The summed E-state index contributed by atoms with van der Waals surface area (Å²) in [7, 11) is 0. The minimum absolute atomic E-state index is 0.00811. The quantitative estimate of drug-likeness (QED) is 0.108. The van der Waals surface area contributed by atoms with Gasteiger partial charge in [0.2, 0.25) is 6.71 Å². The third-order valence-corrected chi connectivity index (χ3v) is 22.6. The van der Waals surface area contributed by atoms with Gasteiger partial charge in [-0.3, -0.25) is 0 Å². The molecule has 3 nitrogen and oxygen atoms in total. The Labute approximate surface area is 603 Å². The maximum Gasteiger partial charge on any atom is 0.243 e. The number of fused-ring (bicyclic) bond motifs is 9. The van der Waals surface area contributed by atoms with E-state index in [0.717, 1.165) is 0 Å². The topological polar surface area (TPSA) is 14.8 Å². The summed E-state index contributed by atoms with van der Waals surface area (Å²) in [6, 6.07) is 59.9. The second-order valence-electron chi connectivity index (χ2n) is 38.4. The maximum absolute atomic E-state index is 2.65. The van der Waals surface area contributed by atoms with Crippen LogP contribution in [0.25, 0.3) is 82.5 Å². The lowest BCUT2D eigenvalue weighted by Crippen LogP contribution is -2.59. The molecule has 0 aliphatic rings. The molecule has 9 aromatic carbocycles. The SMILES string of the molecule is CC(C)c1cc(-n2c3ccc(C(C)(C)C)cc3c3cc(C(C)(C)C)ccc32)cc(C(C)C)c1B(c1c(C(C)C)cc(-n2c3ccc(C(C)(C)C)cc3c3cc(C(C)(C)C)ccc32)cc1C(C)C)c1c(C(C)C)cc(-n2c3ccc(C(C)(C)C)cc3c3cc(C(C)(C)C)ccc32)cc1C(C)C. The fourth-order valence-corrected chi connectivity index (χ4v) is 16.4. The number of benzene rings is 9. The van der Waals surface area contributed by atoms with Gasteiger partial charge in [-0.1, -0.05) is 260 Å². The van der Waals surface area contributed by atoms with Crippen LogP contribution in [0.4, 0.5) is 0 Å². The van der Waals surface area contributed by atoms with E-state index < -0.39 is 0 Å². The molecule has 0 amide bonds. The highest BCUT2D eigenvalue weighted by molar-refractivity contribution is 6.97. The molecular formula is C96H120BN3. The molecule has 12 rings (SSSR count). The van der Waals surface area contributed by atoms with Gasteiger partial charge in [-0.2, -0.15) is 0 Å². The number of rotatable bonds is 12. The molecule has 522 valence electrons. The molecule has 3 heterocycles. The zero-order valence-electron chi connectivity index (χ0n) is 67.2. The summed E-state index contributed by atoms with van der Waals surface area (Å²) in [4.78, 5) is 0. The predicted octanol–water partition coefficient (Wildman–Crippen LogP) is 26.0. The molecule has 0 saturated carbocycles. The van der Waals surface area contributed by atoms with Gasteiger partial charge < -0.3 is 13.7 Å². The Morgan fingerprint density at radius 1 is 0.210 bits per heavy atom. The molecule has 0 N–H and O–H groups in total. The van der Waals surface area contributed by atoms with Crippen molar-refractivity contribution < 1.29 is 0 Å². The first kappa shape index (κ1) is 72.2. The summed E-state index contributed by atoms with van der Waals surface area (Å²) in [6.07, 6.45) is 0. The largest absolute Gasteiger partial charge is 0.309 e. The fraction of sp³-hybridized carbons (Fsp3) is 0.438. The average Bonchev–Trinajstić information content (AvgIpc) is 1.19. The summed E-state index contributed by atoms with van der Waals surface area (Å²) in [6.45, 7) is 71.9. The number of hydrogen-bond acceptors (Lipinski definition) is 0. The molecule has 0 aliphatic heterocycles. The van der Waals surface area contributed by atoms with Crippen molar-refractivity contribution in [1.29, 1.82) is 0 Å². The van der Waals surface area contributed by atoms with E-state index >= 15 is 0 Å². The van der Waals surface area contributed by atoms with Gasteiger partial charge in [0.25, 0.3) is 0 Å². The van der Waals surface area contributed by atoms with Crippen molar-refractivity contribution in [2.45, 2.75) is 276 Å². The fourth-order valence-electron chi connectivity index (χ4n) is 16.4. The lowest BCUT2D eigenvalue weighted by molar-refractivity contribution is 0.590. The molecule has 0 atom stereocenters. The lowest BCUT2D eigenvalue weighted by Gasteiger charge is -2.35. The number of hydrogen-bond donors (Lipinski definition) is 0. The van der Waals surface area contributed by atoms with Gasteiger partial charge >= 0.3 is 0 Å². The van der Waals surface area contributed by atoms with E-state index in [1.54, 1.807) is 0 Å². The van der Waals surface area contributed by atoms with Crippen LogP contribution in [0.15, 0.2) is 146 Å². The van der Waals surface area contributed by atoms with E-state index in [9.17, 15) is 0 Å². The maximum atomic E-state index is 2.65. The molecule has 100 heavy (non-hydrogen) atoms. The van der Waals surface area contributed by atoms with Gasteiger partial charge in [0.1, 0.15) is 0 Å². The predicted molar refractivity (Wildman–Crippen MR) is 444 cm³/mol. The first-order valence-corrected chi connectivity index (χ1v) is 38.2.